The molecule has 0 spiro atoms. The molecule has 0 aliphatic carbocycles. The number of H-pyrrole nitrogens is 1. The lowest BCUT2D eigenvalue weighted by Gasteiger charge is -2.05. The molecule has 4 nitrogen and oxygen atoms in total. The molecule has 0 amide bonds. The Kier molecular flexibility index (Phi) is 1.95. The fourth-order valence-electron chi connectivity index (χ4n) is 1.17. The quantitative estimate of drug-likeness (QED) is 0.721. The van der Waals surface area contributed by atoms with Crippen molar-refractivity contribution in [1.82, 2.24) is 15.4 Å². The second kappa shape index (κ2) is 3.04. The zero-order valence-electron chi connectivity index (χ0n) is 7.17. The van der Waals surface area contributed by atoms with E-state index in [0.717, 1.165) is 18.2 Å². The number of fused-ring (bicyclic) bond motifs is 1. The standard InChI is InChI=1S/C8H4F3N3O/c9-8(10,11)4-1-2-5-6(3-4)12-14-13-7(5)15/h1-3H,(H,12,13,15). The molecule has 1 N–H and O–H groups in total. The summed E-state index contributed by atoms with van der Waals surface area (Å²) in [6.45, 7) is 0. The van der Waals surface area contributed by atoms with Crippen LogP contribution in [0.1, 0.15) is 5.56 Å². The summed E-state index contributed by atoms with van der Waals surface area (Å²) in [4.78, 5) is 11.1. The second-order valence-electron chi connectivity index (χ2n) is 2.87. The topological polar surface area (TPSA) is 58.6 Å². The lowest BCUT2D eigenvalue weighted by Crippen LogP contribution is -2.11. The van der Waals surface area contributed by atoms with Gasteiger partial charge in [-0.15, -0.1) is 5.10 Å². The van der Waals surface area contributed by atoms with Crippen LogP contribution in [0.5, 0.6) is 0 Å². The zero-order chi connectivity index (χ0) is 11.1. The SMILES string of the molecule is O=c1[nH]nnc2cc(C(F)(F)F)ccc12. The summed E-state index contributed by atoms with van der Waals surface area (Å²) >= 11 is 0. The summed E-state index contributed by atoms with van der Waals surface area (Å²) in [5.41, 5.74) is -1.49. The third kappa shape index (κ3) is 1.67. The first-order valence-electron chi connectivity index (χ1n) is 3.91. The van der Waals surface area contributed by atoms with Crippen LogP contribution in [0.4, 0.5) is 13.2 Å². The van der Waals surface area contributed by atoms with E-state index in [1.54, 1.807) is 0 Å². The van der Waals surface area contributed by atoms with Gasteiger partial charge in [0.2, 0.25) is 0 Å². The van der Waals surface area contributed by atoms with Gasteiger partial charge >= 0.3 is 6.18 Å². The predicted octanol–water partition coefficient (Wildman–Crippen LogP) is 1.34. The Labute approximate surface area is 80.7 Å². The van der Waals surface area contributed by atoms with Crippen molar-refractivity contribution in [2.45, 2.75) is 6.18 Å². The molecule has 1 aromatic carbocycles. The molecule has 0 radical (unpaired) electrons. The summed E-state index contributed by atoms with van der Waals surface area (Å²) in [6, 6.07) is 2.70. The molecule has 78 valence electrons. The summed E-state index contributed by atoms with van der Waals surface area (Å²) in [5, 5.41) is 8.71. The van der Waals surface area contributed by atoms with Crippen LogP contribution in [-0.2, 0) is 6.18 Å². The van der Waals surface area contributed by atoms with Crippen LogP contribution in [0.2, 0.25) is 0 Å². The number of rotatable bonds is 0. The van der Waals surface area contributed by atoms with Gasteiger partial charge in [-0.3, -0.25) is 4.79 Å². The molecule has 0 saturated carbocycles. The van der Waals surface area contributed by atoms with Gasteiger partial charge in [0.1, 0.15) is 5.52 Å². The minimum atomic E-state index is -4.45. The summed E-state index contributed by atoms with van der Waals surface area (Å²) < 4.78 is 36.8. The molecule has 2 rings (SSSR count). The van der Waals surface area contributed by atoms with Crippen molar-refractivity contribution < 1.29 is 13.2 Å². The third-order valence-electron chi connectivity index (χ3n) is 1.88. The molecule has 2 aromatic rings. The van der Waals surface area contributed by atoms with Gasteiger partial charge in [0.05, 0.1) is 10.9 Å². The van der Waals surface area contributed by atoms with E-state index in [9.17, 15) is 18.0 Å². The third-order valence-corrected chi connectivity index (χ3v) is 1.88. The molecule has 15 heavy (non-hydrogen) atoms. The van der Waals surface area contributed by atoms with Crippen LogP contribution in [-0.4, -0.2) is 15.4 Å². The highest BCUT2D eigenvalue weighted by molar-refractivity contribution is 5.77. The van der Waals surface area contributed by atoms with Gasteiger partial charge in [-0.2, -0.15) is 13.2 Å². The number of hydrogen-bond acceptors (Lipinski definition) is 3. The Morgan fingerprint density at radius 2 is 2.00 bits per heavy atom. The van der Waals surface area contributed by atoms with Crippen molar-refractivity contribution >= 4 is 10.9 Å². The Bertz CT molecular complexity index is 561. The highest BCUT2D eigenvalue weighted by atomic mass is 19.4. The van der Waals surface area contributed by atoms with E-state index in [0.29, 0.717) is 0 Å². The average molecular weight is 215 g/mol. The maximum Gasteiger partial charge on any atom is 0.416 e. The van der Waals surface area contributed by atoms with E-state index in [1.165, 1.54) is 0 Å². The van der Waals surface area contributed by atoms with Gasteiger partial charge in [-0.1, -0.05) is 5.21 Å². The van der Waals surface area contributed by atoms with Gasteiger partial charge in [-0.05, 0) is 18.2 Å². The average Bonchev–Trinajstić information content (AvgIpc) is 2.16. The Morgan fingerprint density at radius 3 is 2.67 bits per heavy atom. The molecule has 1 aromatic heterocycles. The monoisotopic (exact) mass is 215 g/mol. The largest absolute Gasteiger partial charge is 0.416 e. The van der Waals surface area contributed by atoms with Crippen LogP contribution in [0, 0.1) is 0 Å². The minimum Gasteiger partial charge on any atom is -0.267 e. The number of aromatic amines is 1. The van der Waals surface area contributed by atoms with Crippen molar-refractivity contribution in [3.05, 3.63) is 34.1 Å². The molecular weight excluding hydrogens is 211 g/mol. The number of hydrogen-bond donors (Lipinski definition) is 1. The van der Waals surface area contributed by atoms with E-state index in [2.05, 4.69) is 10.3 Å². The maximum atomic E-state index is 12.3. The maximum absolute atomic E-state index is 12.3. The Morgan fingerprint density at radius 1 is 1.27 bits per heavy atom. The van der Waals surface area contributed by atoms with Crippen LogP contribution in [0.15, 0.2) is 23.0 Å². The van der Waals surface area contributed by atoms with Crippen LogP contribution >= 0.6 is 0 Å². The van der Waals surface area contributed by atoms with Gasteiger partial charge in [0.25, 0.3) is 5.56 Å². The fraction of sp³-hybridized carbons (Fsp3) is 0.125. The number of nitrogens with one attached hydrogen (secondary N) is 1. The molecule has 0 aliphatic rings. The normalized spacial score (nSPS) is 11.9. The smallest absolute Gasteiger partial charge is 0.267 e. The van der Waals surface area contributed by atoms with Gasteiger partial charge in [0.15, 0.2) is 0 Å². The summed E-state index contributed by atoms with van der Waals surface area (Å²) in [7, 11) is 0. The first kappa shape index (κ1) is 9.63. The van der Waals surface area contributed by atoms with E-state index >= 15 is 0 Å². The fourth-order valence-corrected chi connectivity index (χ4v) is 1.17. The molecule has 0 fully saturated rings. The van der Waals surface area contributed by atoms with E-state index in [1.807, 2.05) is 5.10 Å². The highest BCUT2D eigenvalue weighted by Crippen LogP contribution is 2.30. The van der Waals surface area contributed by atoms with Gasteiger partial charge in [0, 0.05) is 0 Å². The van der Waals surface area contributed by atoms with Crippen LogP contribution in [0.25, 0.3) is 10.9 Å². The zero-order valence-corrected chi connectivity index (χ0v) is 7.17. The van der Waals surface area contributed by atoms with Crippen molar-refractivity contribution in [1.29, 1.82) is 0 Å². The first-order chi connectivity index (χ1) is 6.98. The van der Waals surface area contributed by atoms with Crippen molar-refractivity contribution in [3.63, 3.8) is 0 Å². The first-order valence-corrected chi connectivity index (χ1v) is 3.91. The summed E-state index contributed by atoms with van der Waals surface area (Å²) in [6.07, 6.45) is -4.45. The lowest BCUT2D eigenvalue weighted by atomic mass is 10.1. The van der Waals surface area contributed by atoms with E-state index < -0.39 is 17.3 Å². The number of alkyl halides is 3. The second-order valence-corrected chi connectivity index (χ2v) is 2.87. The van der Waals surface area contributed by atoms with Crippen LogP contribution in [0.3, 0.4) is 0 Å². The Balaban J connectivity index is 2.73. The minimum absolute atomic E-state index is 0.0754. The van der Waals surface area contributed by atoms with E-state index in [4.69, 9.17) is 0 Å². The molecule has 1 heterocycles. The molecule has 0 unspecified atom stereocenters. The molecule has 0 atom stereocenters. The number of benzene rings is 1. The molecule has 7 heteroatoms. The van der Waals surface area contributed by atoms with Crippen molar-refractivity contribution in [2.75, 3.05) is 0 Å². The van der Waals surface area contributed by atoms with Crippen molar-refractivity contribution in [2.24, 2.45) is 0 Å². The number of nitrogens with zero attached hydrogens (tertiary/aromatic N) is 2. The van der Waals surface area contributed by atoms with E-state index in [-0.39, 0.29) is 10.9 Å². The van der Waals surface area contributed by atoms with Crippen LogP contribution < -0.4 is 5.56 Å². The lowest BCUT2D eigenvalue weighted by molar-refractivity contribution is -0.137. The summed E-state index contributed by atoms with van der Waals surface area (Å²) in [5.74, 6) is 0. The van der Waals surface area contributed by atoms with Gasteiger partial charge < -0.3 is 0 Å². The predicted molar refractivity (Wildman–Crippen MR) is 45.2 cm³/mol. The molecular formula is C8H4F3N3O. The number of aromatic nitrogens is 3. The number of halogens is 3. The van der Waals surface area contributed by atoms with Gasteiger partial charge in [-0.25, -0.2) is 5.10 Å². The molecule has 0 saturated heterocycles. The molecule has 0 aliphatic heterocycles. The Hall–Kier alpha value is -1.92. The molecule has 0 bridgehead atoms. The highest BCUT2D eigenvalue weighted by Gasteiger charge is 2.30. The van der Waals surface area contributed by atoms with Crippen molar-refractivity contribution in [3.8, 4) is 0 Å².